The molecular formula is C14H19N3O2S. The third kappa shape index (κ3) is 2.28. The van der Waals surface area contributed by atoms with Gasteiger partial charge in [-0.15, -0.1) is 0 Å². The van der Waals surface area contributed by atoms with Gasteiger partial charge in [-0.2, -0.15) is 0 Å². The van der Waals surface area contributed by atoms with Crippen molar-refractivity contribution in [3.63, 3.8) is 0 Å². The van der Waals surface area contributed by atoms with Crippen molar-refractivity contribution in [3.05, 3.63) is 24.0 Å². The number of aromatic nitrogens is 2. The van der Waals surface area contributed by atoms with E-state index in [0.29, 0.717) is 18.5 Å². The number of sulfone groups is 1. The molecule has 6 heteroatoms. The van der Waals surface area contributed by atoms with Crippen LogP contribution in [-0.2, 0) is 16.3 Å². The number of hydrogen-bond acceptors (Lipinski definition) is 4. The zero-order valence-corrected chi connectivity index (χ0v) is 12.4. The lowest BCUT2D eigenvalue weighted by molar-refractivity contribution is 0.447. The smallest absolute Gasteiger partial charge is 0.150 e. The van der Waals surface area contributed by atoms with E-state index in [1.807, 2.05) is 18.2 Å². The molecule has 20 heavy (non-hydrogen) atoms. The third-order valence-electron chi connectivity index (χ3n) is 3.99. The Morgan fingerprint density at radius 3 is 2.70 bits per heavy atom. The van der Waals surface area contributed by atoms with E-state index in [1.54, 1.807) is 0 Å². The predicted octanol–water partition coefficient (Wildman–Crippen LogP) is 1.93. The van der Waals surface area contributed by atoms with Gasteiger partial charge < -0.3 is 10.3 Å². The van der Waals surface area contributed by atoms with Crippen molar-refractivity contribution in [1.82, 2.24) is 9.55 Å². The normalized spacial score (nSPS) is 19.4. The van der Waals surface area contributed by atoms with E-state index >= 15 is 0 Å². The number of hydrogen-bond donors (Lipinski definition) is 1. The van der Waals surface area contributed by atoms with Crippen LogP contribution >= 0.6 is 0 Å². The lowest BCUT2D eigenvalue weighted by Gasteiger charge is -2.25. The van der Waals surface area contributed by atoms with Crippen LogP contribution in [0.3, 0.4) is 0 Å². The first kappa shape index (κ1) is 13.4. The van der Waals surface area contributed by atoms with E-state index in [0.717, 1.165) is 23.3 Å². The monoisotopic (exact) mass is 293 g/mol. The van der Waals surface area contributed by atoms with Gasteiger partial charge >= 0.3 is 0 Å². The largest absolute Gasteiger partial charge is 0.399 e. The molecule has 0 atom stereocenters. The van der Waals surface area contributed by atoms with Crippen molar-refractivity contribution in [3.8, 4) is 0 Å². The second kappa shape index (κ2) is 4.77. The number of imidazole rings is 1. The van der Waals surface area contributed by atoms with Gasteiger partial charge in [0, 0.05) is 18.2 Å². The highest BCUT2D eigenvalue weighted by molar-refractivity contribution is 7.91. The molecule has 5 nitrogen and oxygen atoms in total. The standard InChI is InChI=1S/C14H19N3O2S/c1-2-14-16-12-9-10(15)3-4-13(12)17(14)11-5-7-20(18,19)8-6-11/h3-4,9,11H,2,5-8,15H2,1H3. The van der Waals surface area contributed by atoms with Gasteiger partial charge in [-0.25, -0.2) is 13.4 Å². The van der Waals surface area contributed by atoms with Crippen molar-refractivity contribution in [2.45, 2.75) is 32.2 Å². The van der Waals surface area contributed by atoms with E-state index in [9.17, 15) is 8.42 Å². The van der Waals surface area contributed by atoms with E-state index < -0.39 is 9.84 Å². The van der Waals surface area contributed by atoms with Gasteiger partial charge in [-0.3, -0.25) is 0 Å². The van der Waals surface area contributed by atoms with Crippen LogP contribution in [0.1, 0.15) is 31.6 Å². The molecule has 1 aliphatic rings. The van der Waals surface area contributed by atoms with Gasteiger partial charge in [0.1, 0.15) is 15.7 Å². The number of nitrogens with two attached hydrogens (primary N) is 1. The third-order valence-corrected chi connectivity index (χ3v) is 5.71. The topological polar surface area (TPSA) is 78.0 Å². The van der Waals surface area contributed by atoms with Gasteiger partial charge in [0.05, 0.1) is 22.5 Å². The number of nitrogen functional groups attached to an aromatic ring is 1. The molecule has 0 spiro atoms. The van der Waals surface area contributed by atoms with E-state index in [4.69, 9.17) is 5.73 Å². The number of fused-ring (bicyclic) bond motifs is 1. The molecule has 1 aromatic carbocycles. The Kier molecular flexibility index (Phi) is 3.20. The Bertz CT molecular complexity index is 735. The molecule has 108 valence electrons. The Hall–Kier alpha value is -1.56. The van der Waals surface area contributed by atoms with Crippen molar-refractivity contribution < 1.29 is 8.42 Å². The van der Waals surface area contributed by atoms with Gasteiger partial charge in [-0.05, 0) is 31.0 Å². The fourth-order valence-corrected chi connectivity index (χ4v) is 4.42. The number of benzene rings is 1. The molecule has 1 aliphatic heterocycles. The Morgan fingerprint density at radius 1 is 1.35 bits per heavy atom. The number of aryl methyl sites for hydroxylation is 1. The molecule has 2 heterocycles. The fourth-order valence-electron chi connectivity index (χ4n) is 2.96. The first-order chi connectivity index (χ1) is 9.50. The SMILES string of the molecule is CCc1nc2cc(N)ccc2n1C1CCS(=O)(=O)CC1. The van der Waals surface area contributed by atoms with Crippen LogP contribution in [0.4, 0.5) is 5.69 Å². The molecule has 0 amide bonds. The van der Waals surface area contributed by atoms with Crippen molar-refractivity contribution >= 4 is 26.6 Å². The Morgan fingerprint density at radius 2 is 2.05 bits per heavy atom. The summed E-state index contributed by atoms with van der Waals surface area (Å²) in [6.45, 7) is 2.07. The number of nitrogens with zero attached hydrogens (tertiary/aromatic N) is 2. The van der Waals surface area contributed by atoms with Crippen molar-refractivity contribution in [2.24, 2.45) is 0 Å². The highest BCUT2D eigenvalue weighted by atomic mass is 32.2. The fraction of sp³-hybridized carbons (Fsp3) is 0.500. The summed E-state index contributed by atoms with van der Waals surface area (Å²) in [5.41, 5.74) is 8.47. The molecule has 3 rings (SSSR count). The van der Waals surface area contributed by atoms with Crippen LogP contribution in [0.15, 0.2) is 18.2 Å². The molecular weight excluding hydrogens is 274 g/mol. The maximum Gasteiger partial charge on any atom is 0.150 e. The molecule has 0 saturated carbocycles. The number of anilines is 1. The van der Waals surface area contributed by atoms with E-state index in [-0.39, 0.29) is 17.5 Å². The maximum absolute atomic E-state index is 11.6. The zero-order valence-electron chi connectivity index (χ0n) is 11.5. The van der Waals surface area contributed by atoms with Crippen LogP contribution in [-0.4, -0.2) is 29.5 Å². The van der Waals surface area contributed by atoms with Gasteiger partial charge in [0.2, 0.25) is 0 Å². The van der Waals surface area contributed by atoms with Crippen LogP contribution in [0, 0.1) is 0 Å². The Labute approximate surface area is 118 Å². The maximum atomic E-state index is 11.6. The molecule has 2 N–H and O–H groups in total. The van der Waals surface area contributed by atoms with Gasteiger partial charge in [0.25, 0.3) is 0 Å². The summed E-state index contributed by atoms with van der Waals surface area (Å²) < 4.78 is 25.4. The molecule has 0 unspecified atom stereocenters. The molecule has 0 bridgehead atoms. The summed E-state index contributed by atoms with van der Waals surface area (Å²) in [4.78, 5) is 4.64. The minimum atomic E-state index is -2.84. The van der Waals surface area contributed by atoms with Crippen LogP contribution in [0.2, 0.25) is 0 Å². The van der Waals surface area contributed by atoms with Crippen molar-refractivity contribution in [1.29, 1.82) is 0 Å². The van der Waals surface area contributed by atoms with Gasteiger partial charge in [0.15, 0.2) is 0 Å². The highest BCUT2D eigenvalue weighted by Gasteiger charge is 2.27. The molecule has 1 saturated heterocycles. The summed E-state index contributed by atoms with van der Waals surface area (Å²) in [6, 6.07) is 5.96. The zero-order chi connectivity index (χ0) is 14.3. The van der Waals surface area contributed by atoms with Crippen LogP contribution in [0.5, 0.6) is 0 Å². The van der Waals surface area contributed by atoms with E-state index in [2.05, 4.69) is 16.5 Å². The second-order valence-corrected chi connectivity index (χ2v) is 7.69. The van der Waals surface area contributed by atoms with Crippen LogP contribution < -0.4 is 5.73 Å². The molecule has 1 aromatic heterocycles. The minimum Gasteiger partial charge on any atom is -0.399 e. The lowest BCUT2D eigenvalue weighted by atomic mass is 10.1. The Balaban J connectivity index is 2.06. The van der Waals surface area contributed by atoms with Crippen LogP contribution in [0.25, 0.3) is 11.0 Å². The summed E-state index contributed by atoms with van der Waals surface area (Å²) in [5, 5.41) is 0. The molecule has 0 aliphatic carbocycles. The molecule has 1 fully saturated rings. The number of rotatable bonds is 2. The van der Waals surface area contributed by atoms with E-state index in [1.165, 1.54) is 0 Å². The average Bonchev–Trinajstić information content (AvgIpc) is 2.76. The first-order valence-electron chi connectivity index (χ1n) is 6.97. The molecule has 2 aromatic rings. The molecule has 0 radical (unpaired) electrons. The highest BCUT2D eigenvalue weighted by Crippen LogP contribution is 2.30. The van der Waals surface area contributed by atoms with Crippen molar-refractivity contribution in [2.75, 3.05) is 17.2 Å². The second-order valence-electron chi connectivity index (χ2n) is 5.38. The average molecular weight is 293 g/mol. The first-order valence-corrected chi connectivity index (χ1v) is 8.79. The summed E-state index contributed by atoms with van der Waals surface area (Å²) in [7, 11) is -2.84. The minimum absolute atomic E-state index is 0.224. The summed E-state index contributed by atoms with van der Waals surface area (Å²) >= 11 is 0. The summed E-state index contributed by atoms with van der Waals surface area (Å²) in [6.07, 6.45) is 2.17. The summed E-state index contributed by atoms with van der Waals surface area (Å²) in [5.74, 6) is 1.56. The quantitative estimate of drug-likeness (QED) is 0.858. The lowest BCUT2D eigenvalue weighted by Crippen LogP contribution is -2.26. The van der Waals surface area contributed by atoms with Gasteiger partial charge in [-0.1, -0.05) is 6.92 Å². The predicted molar refractivity (Wildman–Crippen MR) is 80.4 cm³/mol.